The SMILES string of the molecule is COc1ccccc1NC(=O)c1ccc(NC(=O)/C=C/c2sccc2C)cc1. The van der Waals surface area contributed by atoms with Gasteiger partial charge in [0.1, 0.15) is 5.75 Å². The smallest absolute Gasteiger partial charge is 0.255 e. The van der Waals surface area contributed by atoms with Gasteiger partial charge in [0, 0.05) is 22.2 Å². The first-order chi connectivity index (χ1) is 13.6. The second kappa shape index (κ2) is 9.01. The molecule has 0 saturated carbocycles. The van der Waals surface area contributed by atoms with Crippen molar-refractivity contribution in [3.8, 4) is 5.75 Å². The maximum Gasteiger partial charge on any atom is 0.255 e. The van der Waals surface area contributed by atoms with Crippen molar-refractivity contribution in [3.05, 3.63) is 82.1 Å². The van der Waals surface area contributed by atoms with Gasteiger partial charge in [-0.2, -0.15) is 0 Å². The number of carbonyl (C=O) groups is 2. The second-order valence-corrected chi connectivity index (χ2v) is 6.97. The van der Waals surface area contributed by atoms with E-state index in [-0.39, 0.29) is 11.8 Å². The molecule has 142 valence electrons. The quantitative estimate of drug-likeness (QED) is 0.582. The summed E-state index contributed by atoms with van der Waals surface area (Å²) < 4.78 is 5.23. The highest BCUT2D eigenvalue weighted by molar-refractivity contribution is 7.11. The number of carbonyl (C=O) groups excluding carboxylic acids is 2. The lowest BCUT2D eigenvalue weighted by atomic mass is 10.2. The van der Waals surface area contributed by atoms with Crippen LogP contribution in [-0.2, 0) is 4.79 Å². The molecule has 0 aliphatic rings. The van der Waals surface area contributed by atoms with Gasteiger partial charge in [-0.05, 0) is 66.4 Å². The van der Waals surface area contributed by atoms with Gasteiger partial charge in [0.05, 0.1) is 12.8 Å². The molecule has 2 N–H and O–H groups in total. The average molecular weight is 392 g/mol. The van der Waals surface area contributed by atoms with Gasteiger partial charge in [-0.1, -0.05) is 12.1 Å². The molecule has 3 rings (SSSR count). The first-order valence-corrected chi connectivity index (χ1v) is 9.52. The van der Waals surface area contributed by atoms with E-state index in [9.17, 15) is 9.59 Å². The monoisotopic (exact) mass is 392 g/mol. The molecule has 6 heteroatoms. The summed E-state index contributed by atoms with van der Waals surface area (Å²) in [5, 5.41) is 7.59. The van der Waals surface area contributed by atoms with Gasteiger partial charge in [0.25, 0.3) is 5.91 Å². The van der Waals surface area contributed by atoms with Crippen LogP contribution in [-0.4, -0.2) is 18.9 Å². The van der Waals surface area contributed by atoms with E-state index in [2.05, 4.69) is 10.6 Å². The number of amides is 2. The first-order valence-electron chi connectivity index (χ1n) is 8.64. The zero-order valence-electron chi connectivity index (χ0n) is 15.6. The minimum absolute atomic E-state index is 0.223. The van der Waals surface area contributed by atoms with Gasteiger partial charge >= 0.3 is 0 Å². The molecule has 0 fully saturated rings. The molecule has 0 unspecified atom stereocenters. The number of para-hydroxylation sites is 2. The summed E-state index contributed by atoms with van der Waals surface area (Å²) in [6, 6.07) is 15.9. The molecule has 1 aromatic heterocycles. The molecule has 3 aromatic rings. The lowest BCUT2D eigenvalue weighted by Gasteiger charge is -2.10. The second-order valence-electron chi connectivity index (χ2n) is 6.02. The molecular formula is C22H20N2O3S. The minimum atomic E-state index is -0.254. The molecule has 0 aliphatic heterocycles. The minimum Gasteiger partial charge on any atom is -0.495 e. The molecule has 0 atom stereocenters. The Kier molecular flexibility index (Phi) is 6.24. The zero-order valence-corrected chi connectivity index (χ0v) is 16.4. The van der Waals surface area contributed by atoms with E-state index < -0.39 is 0 Å². The molecule has 2 aromatic carbocycles. The number of thiophene rings is 1. The molecule has 0 spiro atoms. The molecular weight excluding hydrogens is 372 g/mol. The van der Waals surface area contributed by atoms with Gasteiger partial charge in [0.2, 0.25) is 5.91 Å². The molecule has 0 radical (unpaired) electrons. The Morgan fingerprint density at radius 3 is 2.43 bits per heavy atom. The highest BCUT2D eigenvalue weighted by Crippen LogP contribution is 2.24. The van der Waals surface area contributed by atoms with Crippen LogP contribution < -0.4 is 15.4 Å². The number of benzene rings is 2. The fourth-order valence-corrected chi connectivity index (χ4v) is 3.36. The highest BCUT2D eigenvalue weighted by atomic mass is 32.1. The molecule has 28 heavy (non-hydrogen) atoms. The Hall–Kier alpha value is -3.38. The normalized spacial score (nSPS) is 10.6. The van der Waals surface area contributed by atoms with E-state index in [4.69, 9.17) is 4.74 Å². The zero-order chi connectivity index (χ0) is 19.9. The number of anilines is 2. The third-order valence-electron chi connectivity index (χ3n) is 4.06. The summed E-state index contributed by atoms with van der Waals surface area (Å²) in [5.74, 6) is 0.113. The third kappa shape index (κ3) is 4.86. The lowest BCUT2D eigenvalue weighted by molar-refractivity contribution is -0.111. The van der Waals surface area contributed by atoms with Crippen LogP contribution in [0, 0.1) is 6.92 Å². The van der Waals surface area contributed by atoms with Crippen LogP contribution in [0.1, 0.15) is 20.8 Å². The third-order valence-corrected chi connectivity index (χ3v) is 5.04. The van der Waals surface area contributed by atoms with Crippen molar-refractivity contribution < 1.29 is 14.3 Å². The van der Waals surface area contributed by atoms with Crippen LogP contribution in [0.2, 0.25) is 0 Å². The summed E-state index contributed by atoms with van der Waals surface area (Å²) >= 11 is 1.59. The van der Waals surface area contributed by atoms with Crippen LogP contribution in [0.15, 0.2) is 66.1 Å². The Balaban J connectivity index is 1.61. The number of nitrogens with one attached hydrogen (secondary N) is 2. The van der Waals surface area contributed by atoms with E-state index in [1.165, 1.54) is 6.08 Å². The van der Waals surface area contributed by atoms with E-state index >= 15 is 0 Å². The lowest BCUT2D eigenvalue weighted by Crippen LogP contribution is -2.13. The molecule has 5 nitrogen and oxygen atoms in total. The molecule has 2 amide bonds. The van der Waals surface area contributed by atoms with E-state index in [1.807, 2.05) is 30.5 Å². The van der Waals surface area contributed by atoms with E-state index in [0.717, 1.165) is 10.4 Å². The Morgan fingerprint density at radius 2 is 1.75 bits per heavy atom. The summed E-state index contributed by atoms with van der Waals surface area (Å²) in [7, 11) is 1.55. The molecule has 0 aliphatic carbocycles. The fourth-order valence-electron chi connectivity index (χ4n) is 2.54. The molecule has 0 bridgehead atoms. The molecule has 1 heterocycles. The van der Waals surface area contributed by atoms with Crippen LogP contribution in [0.4, 0.5) is 11.4 Å². The van der Waals surface area contributed by atoms with Gasteiger partial charge in [-0.3, -0.25) is 9.59 Å². The number of aryl methyl sites for hydroxylation is 1. The molecule has 0 saturated heterocycles. The van der Waals surface area contributed by atoms with Gasteiger partial charge in [-0.25, -0.2) is 0 Å². The van der Waals surface area contributed by atoms with Crippen LogP contribution in [0.5, 0.6) is 5.75 Å². The summed E-state index contributed by atoms with van der Waals surface area (Å²) in [4.78, 5) is 25.5. The van der Waals surface area contributed by atoms with Gasteiger partial charge in [0.15, 0.2) is 0 Å². The standard InChI is InChI=1S/C22H20N2O3S/c1-15-13-14-28-20(15)11-12-21(25)23-17-9-7-16(8-10-17)22(26)24-18-5-3-4-6-19(18)27-2/h3-14H,1-2H3,(H,23,25)(H,24,26)/b12-11+. The average Bonchev–Trinajstić information content (AvgIpc) is 3.12. The Morgan fingerprint density at radius 1 is 1.00 bits per heavy atom. The van der Waals surface area contributed by atoms with Crippen molar-refractivity contribution >= 4 is 40.6 Å². The number of hydrogen-bond donors (Lipinski definition) is 2. The van der Waals surface area contributed by atoms with E-state index in [0.29, 0.717) is 22.7 Å². The van der Waals surface area contributed by atoms with E-state index in [1.54, 1.807) is 60.9 Å². The number of ether oxygens (including phenoxy) is 1. The van der Waals surface area contributed by atoms with Crippen molar-refractivity contribution in [2.24, 2.45) is 0 Å². The number of hydrogen-bond acceptors (Lipinski definition) is 4. The van der Waals surface area contributed by atoms with Crippen molar-refractivity contribution in [3.63, 3.8) is 0 Å². The van der Waals surface area contributed by atoms with Crippen LogP contribution >= 0.6 is 11.3 Å². The maximum absolute atomic E-state index is 12.4. The fraction of sp³-hybridized carbons (Fsp3) is 0.0909. The predicted molar refractivity (Wildman–Crippen MR) is 114 cm³/mol. The Labute approximate surface area is 167 Å². The van der Waals surface area contributed by atoms with Crippen LogP contribution in [0.3, 0.4) is 0 Å². The van der Waals surface area contributed by atoms with Gasteiger partial charge < -0.3 is 15.4 Å². The Bertz CT molecular complexity index is 1010. The van der Waals surface area contributed by atoms with Gasteiger partial charge in [-0.15, -0.1) is 11.3 Å². The maximum atomic E-state index is 12.4. The highest BCUT2D eigenvalue weighted by Gasteiger charge is 2.09. The van der Waals surface area contributed by atoms with Crippen molar-refractivity contribution in [1.29, 1.82) is 0 Å². The number of methoxy groups -OCH3 is 1. The van der Waals surface area contributed by atoms with Crippen molar-refractivity contribution in [2.45, 2.75) is 6.92 Å². The summed E-state index contributed by atoms with van der Waals surface area (Å²) in [5.41, 5.74) is 2.83. The topological polar surface area (TPSA) is 67.4 Å². The largest absolute Gasteiger partial charge is 0.495 e. The first kappa shape index (κ1) is 19.4. The number of rotatable bonds is 6. The van der Waals surface area contributed by atoms with Crippen LogP contribution in [0.25, 0.3) is 6.08 Å². The summed E-state index contributed by atoms with van der Waals surface area (Å²) in [6.07, 6.45) is 3.30. The summed E-state index contributed by atoms with van der Waals surface area (Å²) in [6.45, 7) is 2.00. The van der Waals surface area contributed by atoms with Crippen molar-refractivity contribution in [2.75, 3.05) is 17.7 Å². The predicted octanol–water partition coefficient (Wildman–Crippen LogP) is 4.97. The van der Waals surface area contributed by atoms with Crippen molar-refractivity contribution in [1.82, 2.24) is 0 Å².